The Hall–Kier alpha value is -3.55. The van der Waals surface area contributed by atoms with Crippen LogP contribution in [0.25, 0.3) is 17.0 Å². The summed E-state index contributed by atoms with van der Waals surface area (Å²) < 4.78 is 26.0. The number of imidazole rings is 1. The van der Waals surface area contributed by atoms with E-state index in [1.165, 1.54) is 6.07 Å². The molecule has 0 aliphatic heterocycles. The molecule has 0 amide bonds. The molecule has 1 aromatic carbocycles. The summed E-state index contributed by atoms with van der Waals surface area (Å²) in [6.45, 7) is 5.23. The minimum Gasteiger partial charge on any atom is -0.448 e. The van der Waals surface area contributed by atoms with Crippen molar-refractivity contribution in [3.05, 3.63) is 71.3 Å². The zero-order valence-corrected chi connectivity index (χ0v) is 15.5. The van der Waals surface area contributed by atoms with E-state index in [0.717, 1.165) is 5.56 Å². The standard InChI is InChI=1S/C20H17FN4O3/c1-11-6-7-25-10-16(22-17(25)8-11)20(26)27-13(3)19-23-18(24-28-19)14-5-4-12(2)15(21)9-14/h4-10,13H,1-3H3. The van der Waals surface area contributed by atoms with Gasteiger partial charge in [0.05, 0.1) is 0 Å². The molecule has 0 fully saturated rings. The molecular weight excluding hydrogens is 363 g/mol. The Bertz CT molecular complexity index is 1180. The van der Waals surface area contributed by atoms with Gasteiger partial charge in [-0.1, -0.05) is 17.3 Å². The van der Waals surface area contributed by atoms with Gasteiger partial charge in [0, 0.05) is 18.0 Å². The number of hydrogen-bond acceptors (Lipinski definition) is 6. The van der Waals surface area contributed by atoms with E-state index in [-0.39, 0.29) is 23.2 Å². The van der Waals surface area contributed by atoms with Crippen LogP contribution in [-0.4, -0.2) is 25.5 Å². The molecule has 3 heterocycles. The van der Waals surface area contributed by atoms with Gasteiger partial charge in [-0.3, -0.25) is 0 Å². The number of nitrogens with zero attached hydrogens (tertiary/aromatic N) is 4. The Kier molecular flexibility index (Phi) is 4.38. The van der Waals surface area contributed by atoms with E-state index < -0.39 is 12.1 Å². The van der Waals surface area contributed by atoms with Crippen molar-refractivity contribution >= 4 is 11.6 Å². The molecule has 0 aliphatic carbocycles. The maximum Gasteiger partial charge on any atom is 0.359 e. The van der Waals surface area contributed by atoms with E-state index in [9.17, 15) is 9.18 Å². The molecule has 0 N–H and O–H groups in total. The minimum absolute atomic E-state index is 0.115. The normalized spacial score (nSPS) is 12.3. The number of fused-ring (bicyclic) bond motifs is 1. The number of esters is 1. The van der Waals surface area contributed by atoms with Crippen LogP contribution in [0.4, 0.5) is 4.39 Å². The van der Waals surface area contributed by atoms with Crippen LogP contribution in [0.3, 0.4) is 0 Å². The zero-order valence-electron chi connectivity index (χ0n) is 15.5. The van der Waals surface area contributed by atoms with Crippen molar-refractivity contribution in [2.24, 2.45) is 0 Å². The van der Waals surface area contributed by atoms with Crippen molar-refractivity contribution in [1.82, 2.24) is 19.5 Å². The van der Waals surface area contributed by atoms with Gasteiger partial charge in [0.25, 0.3) is 5.89 Å². The predicted octanol–water partition coefficient (Wildman–Crippen LogP) is 4.06. The lowest BCUT2D eigenvalue weighted by atomic mass is 10.1. The lowest BCUT2D eigenvalue weighted by Crippen LogP contribution is -2.10. The first kappa shape index (κ1) is 17.8. The van der Waals surface area contributed by atoms with E-state index in [4.69, 9.17) is 9.26 Å². The fraction of sp³-hybridized carbons (Fsp3) is 0.200. The van der Waals surface area contributed by atoms with E-state index in [1.807, 2.05) is 25.3 Å². The Morgan fingerprint density at radius 1 is 1.21 bits per heavy atom. The number of benzene rings is 1. The summed E-state index contributed by atoms with van der Waals surface area (Å²) in [5.74, 6) is -0.621. The zero-order chi connectivity index (χ0) is 19.8. The fourth-order valence-electron chi connectivity index (χ4n) is 2.70. The molecule has 1 unspecified atom stereocenters. The first-order chi connectivity index (χ1) is 13.4. The summed E-state index contributed by atoms with van der Waals surface area (Å²) in [7, 11) is 0. The average Bonchev–Trinajstić information content (AvgIpc) is 3.30. The number of aryl methyl sites for hydroxylation is 2. The Labute approximate surface area is 159 Å². The quantitative estimate of drug-likeness (QED) is 0.497. The van der Waals surface area contributed by atoms with Crippen molar-refractivity contribution in [3.63, 3.8) is 0 Å². The Morgan fingerprint density at radius 2 is 2.04 bits per heavy atom. The number of hydrogen-bond donors (Lipinski definition) is 0. The van der Waals surface area contributed by atoms with Crippen LogP contribution in [0, 0.1) is 19.7 Å². The summed E-state index contributed by atoms with van der Waals surface area (Å²) in [6, 6.07) is 8.45. The van der Waals surface area contributed by atoms with Crippen molar-refractivity contribution in [1.29, 1.82) is 0 Å². The molecule has 7 nitrogen and oxygen atoms in total. The topological polar surface area (TPSA) is 82.5 Å². The SMILES string of the molecule is Cc1ccn2cc(C(=O)OC(C)c3nc(-c4ccc(C)c(F)c4)no3)nc2c1. The van der Waals surface area contributed by atoms with Crippen molar-refractivity contribution in [2.75, 3.05) is 0 Å². The second-order valence-corrected chi connectivity index (χ2v) is 6.56. The highest BCUT2D eigenvalue weighted by Gasteiger charge is 2.22. The second kappa shape index (κ2) is 6.88. The molecular formula is C20H17FN4O3. The molecule has 0 saturated carbocycles. The number of carbonyl (C=O) groups excluding carboxylic acids is 1. The summed E-state index contributed by atoms with van der Waals surface area (Å²) >= 11 is 0. The molecule has 0 aliphatic rings. The van der Waals surface area contributed by atoms with Crippen LogP contribution in [0.15, 0.2) is 47.2 Å². The molecule has 8 heteroatoms. The van der Waals surface area contributed by atoms with Crippen molar-refractivity contribution < 1.29 is 18.4 Å². The average molecular weight is 380 g/mol. The van der Waals surface area contributed by atoms with Gasteiger partial charge in [-0.15, -0.1) is 0 Å². The third-order valence-electron chi connectivity index (χ3n) is 4.33. The van der Waals surface area contributed by atoms with E-state index in [2.05, 4.69) is 15.1 Å². The summed E-state index contributed by atoms with van der Waals surface area (Å²) in [4.78, 5) is 20.9. The number of rotatable bonds is 4. The van der Waals surface area contributed by atoms with Gasteiger partial charge in [-0.05, 0) is 50.1 Å². The molecule has 1 atom stereocenters. The number of aromatic nitrogens is 4. The third-order valence-corrected chi connectivity index (χ3v) is 4.33. The van der Waals surface area contributed by atoms with Gasteiger partial charge in [0.1, 0.15) is 11.5 Å². The van der Waals surface area contributed by atoms with Gasteiger partial charge in [-0.25, -0.2) is 14.2 Å². The number of ether oxygens (including phenoxy) is 1. The van der Waals surface area contributed by atoms with Gasteiger partial charge in [0.15, 0.2) is 11.8 Å². The van der Waals surface area contributed by atoms with Gasteiger partial charge >= 0.3 is 5.97 Å². The number of carbonyl (C=O) groups is 1. The van der Waals surface area contributed by atoms with E-state index in [0.29, 0.717) is 16.8 Å². The number of halogens is 1. The lowest BCUT2D eigenvalue weighted by Gasteiger charge is -2.07. The van der Waals surface area contributed by atoms with Crippen molar-refractivity contribution in [2.45, 2.75) is 26.9 Å². The maximum atomic E-state index is 13.7. The largest absolute Gasteiger partial charge is 0.448 e. The van der Waals surface area contributed by atoms with Crippen LogP contribution < -0.4 is 0 Å². The molecule has 0 spiro atoms. The smallest absolute Gasteiger partial charge is 0.359 e. The lowest BCUT2D eigenvalue weighted by molar-refractivity contribution is 0.0259. The van der Waals surface area contributed by atoms with E-state index in [1.54, 1.807) is 36.6 Å². The number of pyridine rings is 1. The molecule has 0 bridgehead atoms. The highest BCUT2D eigenvalue weighted by Crippen LogP contribution is 2.23. The minimum atomic E-state index is -0.782. The summed E-state index contributed by atoms with van der Waals surface area (Å²) in [6.07, 6.45) is 2.64. The van der Waals surface area contributed by atoms with Crippen LogP contribution in [0.2, 0.25) is 0 Å². The first-order valence-electron chi connectivity index (χ1n) is 8.67. The van der Waals surface area contributed by atoms with Gasteiger partial charge in [-0.2, -0.15) is 4.98 Å². The summed E-state index contributed by atoms with van der Waals surface area (Å²) in [5.41, 5.74) is 2.88. The molecule has 28 heavy (non-hydrogen) atoms. The molecule has 4 rings (SSSR count). The predicted molar refractivity (Wildman–Crippen MR) is 98.2 cm³/mol. The third kappa shape index (κ3) is 3.36. The Balaban J connectivity index is 1.51. The summed E-state index contributed by atoms with van der Waals surface area (Å²) in [5, 5.41) is 3.84. The Morgan fingerprint density at radius 3 is 2.82 bits per heavy atom. The monoisotopic (exact) mass is 380 g/mol. The van der Waals surface area contributed by atoms with Crippen LogP contribution >= 0.6 is 0 Å². The van der Waals surface area contributed by atoms with Gasteiger partial charge in [0.2, 0.25) is 5.82 Å². The van der Waals surface area contributed by atoms with Crippen LogP contribution in [0.5, 0.6) is 0 Å². The van der Waals surface area contributed by atoms with E-state index >= 15 is 0 Å². The fourth-order valence-corrected chi connectivity index (χ4v) is 2.70. The second-order valence-electron chi connectivity index (χ2n) is 6.56. The molecule has 0 radical (unpaired) electrons. The molecule has 0 saturated heterocycles. The highest BCUT2D eigenvalue weighted by atomic mass is 19.1. The molecule has 142 valence electrons. The first-order valence-corrected chi connectivity index (χ1v) is 8.67. The highest BCUT2D eigenvalue weighted by molar-refractivity contribution is 5.88. The van der Waals surface area contributed by atoms with Crippen LogP contribution in [-0.2, 0) is 4.74 Å². The van der Waals surface area contributed by atoms with Crippen molar-refractivity contribution in [3.8, 4) is 11.4 Å². The molecule has 4 aromatic rings. The maximum absolute atomic E-state index is 13.7. The molecule has 3 aromatic heterocycles. The van der Waals surface area contributed by atoms with Crippen LogP contribution in [0.1, 0.15) is 40.5 Å². The van der Waals surface area contributed by atoms with Gasteiger partial charge < -0.3 is 13.7 Å².